The number of thiophene rings is 1. The van der Waals surface area contributed by atoms with Crippen LogP contribution in [0, 0.1) is 5.92 Å². The monoisotopic (exact) mass is 296 g/mol. The molecule has 1 aromatic rings. The third-order valence-electron chi connectivity index (χ3n) is 3.69. The van der Waals surface area contributed by atoms with Gasteiger partial charge in [-0.15, -0.1) is 11.3 Å². The molecule has 1 fully saturated rings. The summed E-state index contributed by atoms with van der Waals surface area (Å²) in [6.07, 6.45) is 1.11. The van der Waals surface area contributed by atoms with Crippen LogP contribution in [0.15, 0.2) is 17.5 Å². The van der Waals surface area contributed by atoms with Crippen LogP contribution >= 0.6 is 11.3 Å². The molecule has 20 heavy (non-hydrogen) atoms. The number of carboxylic acid groups (broad SMARTS) is 1. The molecular formula is C14H20N2O3S. The maximum absolute atomic E-state index is 12.4. The molecule has 1 aliphatic rings. The zero-order valence-corrected chi connectivity index (χ0v) is 12.4. The topological polar surface area (TPSA) is 60.9 Å². The molecular weight excluding hydrogens is 276 g/mol. The second kappa shape index (κ2) is 6.74. The molecule has 0 aliphatic carbocycles. The number of carboxylic acids is 1. The highest BCUT2D eigenvalue weighted by atomic mass is 32.1. The van der Waals surface area contributed by atoms with E-state index >= 15 is 0 Å². The van der Waals surface area contributed by atoms with Crippen molar-refractivity contribution in [3.05, 3.63) is 22.4 Å². The van der Waals surface area contributed by atoms with Gasteiger partial charge in [0.25, 0.3) is 0 Å². The number of urea groups is 1. The van der Waals surface area contributed by atoms with E-state index in [2.05, 4.69) is 0 Å². The maximum atomic E-state index is 12.4. The van der Waals surface area contributed by atoms with E-state index in [0.717, 1.165) is 0 Å². The Balaban J connectivity index is 1.91. The number of carbonyl (C=O) groups excluding carboxylic acids is 1. The summed E-state index contributed by atoms with van der Waals surface area (Å²) in [5, 5.41) is 11.0. The van der Waals surface area contributed by atoms with Crippen LogP contribution in [0.25, 0.3) is 0 Å². The molecule has 110 valence electrons. The number of piperidine rings is 1. The van der Waals surface area contributed by atoms with E-state index in [-0.39, 0.29) is 11.9 Å². The first-order valence-corrected chi connectivity index (χ1v) is 7.78. The van der Waals surface area contributed by atoms with Crippen molar-refractivity contribution in [1.29, 1.82) is 0 Å². The van der Waals surface area contributed by atoms with Crippen molar-refractivity contribution in [2.75, 3.05) is 19.6 Å². The van der Waals surface area contributed by atoms with Crippen LogP contribution in [-0.4, -0.2) is 46.5 Å². The Kier molecular flexibility index (Phi) is 5.00. The Morgan fingerprint density at radius 3 is 2.65 bits per heavy atom. The van der Waals surface area contributed by atoms with Gasteiger partial charge in [0.2, 0.25) is 0 Å². The van der Waals surface area contributed by atoms with Crippen LogP contribution in [-0.2, 0) is 11.3 Å². The van der Waals surface area contributed by atoms with Gasteiger partial charge in [0.1, 0.15) is 0 Å². The minimum absolute atomic E-state index is 0.0183. The van der Waals surface area contributed by atoms with Crippen LogP contribution in [0.1, 0.15) is 24.6 Å². The smallest absolute Gasteiger partial charge is 0.320 e. The number of nitrogens with zero attached hydrogens (tertiary/aromatic N) is 2. The van der Waals surface area contributed by atoms with Gasteiger partial charge in [0.15, 0.2) is 0 Å². The largest absolute Gasteiger partial charge is 0.481 e. The van der Waals surface area contributed by atoms with Gasteiger partial charge >= 0.3 is 12.0 Å². The first kappa shape index (κ1) is 14.8. The predicted octanol–water partition coefficient (Wildman–Crippen LogP) is 2.49. The molecule has 5 nitrogen and oxygen atoms in total. The highest BCUT2D eigenvalue weighted by molar-refractivity contribution is 7.09. The van der Waals surface area contributed by atoms with Crippen molar-refractivity contribution in [3.8, 4) is 0 Å². The zero-order valence-electron chi connectivity index (χ0n) is 11.6. The summed E-state index contributed by atoms with van der Waals surface area (Å²) >= 11 is 1.64. The zero-order chi connectivity index (χ0) is 14.5. The fourth-order valence-electron chi connectivity index (χ4n) is 2.42. The van der Waals surface area contributed by atoms with Crippen molar-refractivity contribution in [3.63, 3.8) is 0 Å². The van der Waals surface area contributed by atoms with Gasteiger partial charge in [-0.1, -0.05) is 6.07 Å². The van der Waals surface area contributed by atoms with E-state index in [4.69, 9.17) is 5.11 Å². The first-order valence-electron chi connectivity index (χ1n) is 6.90. The molecule has 0 unspecified atom stereocenters. The average molecular weight is 296 g/mol. The van der Waals surface area contributed by atoms with Crippen molar-refractivity contribution in [2.24, 2.45) is 5.92 Å². The van der Waals surface area contributed by atoms with Gasteiger partial charge in [-0.25, -0.2) is 4.79 Å². The molecule has 1 aromatic heterocycles. The maximum Gasteiger partial charge on any atom is 0.320 e. The van der Waals surface area contributed by atoms with Gasteiger partial charge in [-0.3, -0.25) is 4.79 Å². The SMILES string of the molecule is CCN(Cc1cccs1)C(=O)N1CCC(C(=O)O)CC1. The molecule has 0 saturated carbocycles. The molecule has 0 atom stereocenters. The van der Waals surface area contributed by atoms with E-state index in [1.165, 1.54) is 4.88 Å². The molecule has 0 radical (unpaired) electrons. The van der Waals surface area contributed by atoms with Gasteiger partial charge in [0.05, 0.1) is 12.5 Å². The Morgan fingerprint density at radius 2 is 2.15 bits per heavy atom. The Morgan fingerprint density at radius 1 is 1.45 bits per heavy atom. The lowest BCUT2D eigenvalue weighted by molar-refractivity contribution is -0.143. The van der Waals surface area contributed by atoms with Crippen LogP contribution in [0.4, 0.5) is 4.79 Å². The molecule has 2 rings (SSSR count). The van der Waals surface area contributed by atoms with E-state index in [1.807, 2.05) is 29.3 Å². The van der Waals surface area contributed by atoms with Crippen LogP contribution in [0.3, 0.4) is 0 Å². The number of likely N-dealkylation sites (tertiary alicyclic amines) is 1. The minimum atomic E-state index is -0.747. The van der Waals surface area contributed by atoms with Gasteiger partial charge in [0, 0.05) is 24.5 Å². The van der Waals surface area contributed by atoms with Crippen LogP contribution < -0.4 is 0 Å². The fraction of sp³-hybridized carbons (Fsp3) is 0.571. The highest BCUT2D eigenvalue weighted by Gasteiger charge is 2.28. The number of amides is 2. The third-order valence-corrected chi connectivity index (χ3v) is 4.55. The standard InChI is InChI=1S/C14H20N2O3S/c1-2-15(10-12-4-3-9-20-12)14(19)16-7-5-11(6-8-16)13(17)18/h3-4,9,11H,2,5-8,10H2,1H3,(H,17,18). The second-order valence-corrected chi connectivity index (χ2v) is 6.01. The summed E-state index contributed by atoms with van der Waals surface area (Å²) in [7, 11) is 0. The molecule has 0 aromatic carbocycles. The Bertz CT molecular complexity index is 453. The average Bonchev–Trinajstić information content (AvgIpc) is 2.97. The van der Waals surface area contributed by atoms with E-state index in [1.54, 1.807) is 16.2 Å². The summed E-state index contributed by atoms with van der Waals surface area (Å²) in [6, 6.07) is 4.03. The normalized spacial score (nSPS) is 16.1. The Hall–Kier alpha value is -1.56. The summed E-state index contributed by atoms with van der Waals surface area (Å²) < 4.78 is 0. The van der Waals surface area contributed by atoms with Crippen LogP contribution in [0.5, 0.6) is 0 Å². The molecule has 6 heteroatoms. The lowest BCUT2D eigenvalue weighted by atomic mass is 9.97. The molecule has 0 spiro atoms. The molecule has 2 heterocycles. The number of carbonyl (C=O) groups is 2. The minimum Gasteiger partial charge on any atom is -0.481 e. The lowest BCUT2D eigenvalue weighted by Crippen LogP contribution is -2.47. The van der Waals surface area contributed by atoms with Gasteiger partial charge < -0.3 is 14.9 Å². The molecule has 1 saturated heterocycles. The molecule has 1 aliphatic heterocycles. The van der Waals surface area contributed by atoms with Crippen molar-refractivity contribution >= 4 is 23.3 Å². The molecule has 2 amide bonds. The number of aliphatic carboxylic acids is 1. The van der Waals surface area contributed by atoms with Gasteiger partial charge in [-0.05, 0) is 31.2 Å². The van der Waals surface area contributed by atoms with Crippen LogP contribution in [0.2, 0.25) is 0 Å². The molecule has 1 N–H and O–H groups in total. The van der Waals surface area contributed by atoms with E-state index < -0.39 is 5.97 Å². The summed E-state index contributed by atoms with van der Waals surface area (Å²) in [6.45, 7) is 4.34. The number of rotatable bonds is 4. The molecule has 0 bridgehead atoms. The lowest BCUT2D eigenvalue weighted by Gasteiger charge is -2.34. The summed E-state index contributed by atoms with van der Waals surface area (Å²) in [5.74, 6) is -1.05. The number of hydrogen-bond donors (Lipinski definition) is 1. The summed E-state index contributed by atoms with van der Waals surface area (Å²) in [4.78, 5) is 28.1. The van der Waals surface area contributed by atoms with Crippen molar-refractivity contribution in [1.82, 2.24) is 9.80 Å². The highest BCUT2D eigenvalue weighted by Crippen LogP contribution is 2.20. The van der Waals surface area contributed by atoms with E-state index in [0.29, 0.717) is 39.0 Å². The quantitative estimate of drug-likeness (QED) is 0.928. The second-order valence-electron chi connectivity index (χ2n) is 4.98. The summed E-state index contributed by atoms with van der Waals surface area (Å²) in [5.41, 5.74) is 0. The third kappa shape index (κ3) is 3.50. The first-order chi connectivity index (χ1) is 9.61. The Labute approximate surface area is 122 Å². The number of hydrogen-bond acceptors (Lipinski definition) is 3. The fourth-order valence-corrected chi connectivity index (χ4v) is 3.14. The van der Waals surface area contributed by atoms with Crippen molar-refractivity contribution < 1.29 is 14.7 Å². The van der Waals surface area contributed by atoms with Crippen molar-refractivity contribution in [2.45, 2.75) is 26.3 Å². The predicted molar refractivity (Wildman–Crippen MR) is 77.7 cm³/mol. The van der Waals surface area contributed by atoms with Gasteiger partial charge in [-0.2, -0.15) is 0 Å². The van der Waals surface area contributed by atoms with E-state index in [9.17, 15) is 9.59 Å².